The Bertz CT molecular complexity index is 885. The molecule has 2 heterocycles. The zero-order valence-electron chi connectivity index (χ0n) is 13.5. The minimum Gasteiger partial charge on any atom is -0.448 e. The summed E-state index contributed by atoms with van der Waals surface area (Å²) in [5, 5.41) is 4.55. The summed E-state index contributed by atoms with van der Waals surface area (Å²) in [5.41, 5.74) is 0.100. The number of urea groups is 1. The molecule has 0 aromatic carbocycles. The smallest absolute Gasteiger partial charge is 0.349 e. The Labute approximate surface area is 140 Å². The van der Waals surface area contributed by atoms with Crippen LogP contribution in [0.2, 0.25) is 0 Å². The molecule has 128 valence electrons. The van der Waals surface area contributed by atoms with Gasteiger partial charge >= 0.3 is 12.0 Å². The van der Waals surface area contributed by atoms with E-state index in [0.29, 0.717) is 21.6 Å². The first-order valence-corrected chi connectivity index (χ1v) is 7.79. The van der Waals surface area contributed by atoms with E-state index in [1.807, 2.05) is 5.32 Å². The van der Waals surface area contributed by atoms with Crippen molar-refractivity contribution in [2.24, 2.45) is 0 Å². The van der Waals surface area contributed by atoms with Crippen molar-refractivity contribution in [2.75, 3.05) is 7.05 Å². The zero-order valence-corrected chi connectivity index (χ0v) is 14.3. The Hall–Kier alpha value is -2.75. The molecule has 0 aliphatic carbocycles. The van der Waals surface area contributed by atoms with Crippen LogP contribution in [0.5, 0.6) is 0 Å². The third kappa shape index (κ3) is 3.43. The lowest BCUT2D eigenvalue weighted by Gasteiger charge is -2.12. The number of aromatic amines is 1. The van der Waals surface area contributed by atoms with Crippen molar-refractivity contribution in [3.63, 3.8) is 0 Å². The number of thiophene rings is 1. The zero-order chi connectivity index (χ0) is 18.0. The molecule has 2 aromatic rings. The second-order valence-electron chi connectivity index (χ2n) is 5.00. The summed E-state index contributed by atoms with van der Waals surface area (Å²) in [4.78, 5) is 54.4. The number of amides is 3. The Balaban J connectivity index is 2.24. The molecule has 0 aliphatic heterocycles. The van der Waals surface area contributed by atoms with Crippen molar-refractivity contribution in [1.82, 2.24) is 20.6 Å². The van der Waals surface area contributed by atoms with Crippen LogP contribution in [0.4, 0.5) is 4.79 Å². The number of aryl methyl sites for hydroxylation is 2. The van der Waals surface area contributed by atoms with Gasteiger partial charge in [0, 0.05) is 7.05 Å². The van der Waals surface area contributed by atoms with Gasteiger partial charge in [0.15, 0.2) is 6.10 Å². The molecular formula is C14H16N4O5S. The van der Waals surface area contributed by atoms with Crippen LogP contribution in [0, 0.1) is 13.8 Å². The van der Waals surface area contributed by atoms with Gasteiger partial charge in [0.1, 0.15) is 15.5 Å². The summed E-state index contributed by atoms with van der Waals surface area (Å²) in [7, 11) is 1.35. The van der Waals surface area contributed by atoms with Gasteiger partial charge in [0.25, 0.3) is 11.5 Å². The number of ether oxygens (including phenoxy) is 1. The normalized spacial score (nSPS) is 11.8. The first kappa shape index (κ1) is 17.6. The maximum atomic E-state index is 12.3. The third-order valence-electron chi connectivity index (χ3n) is 3.22. The summed E-state index contributed by atoms with van der Waals surface area (Å²) < 4.78 is 5.06. The summed E-state index contributed by atoms with van der Waals surface area (Å²) in [6, 6.07) is -0.702. The Kier molecular flexibility index (Phi) is 4.98. The van der Waals surface area contributed by atoms with E-state index < -0.39 is 24.0 Å². The fourth-order valence-electron chi connectivity index (χ4n) is 1.99. The largest absolute Gasteiger partial charge is 0.448 e. The van der Waals surface area contributed by atoms with Gasteiger partial charge < -0.3 is 15.0 Å². The number of fused-ring (bicyclic) bond motifs is 1. The second kappa shape index (κ2) is 6.79. The van der Waals surface area contributed by atoms with Crippen molar-refractivity contribution in [1.29, 1.82) is 0 Å². The minimum absolute atomic E-state index is 0.188. The van der Waals surface area contributed by atoms with E-state index in [4.69, 9.17) is 4.74 Å². The van der Waals surface area contributed by atoms with E-state index in [-0.39, 0.29) is 10.4 Å². The van der Waals surface area contributed by atoms with Gasteiger partial charge in [0.2, 0.25) is 0 Å². The van der Waals surface area contributed by atoms with Gasteiger partial charge in [-0.05, 0) is 26.3 Å². The molecule has 0 fully saturated rings. The number of carbonyl (C=O) groups excluding carboxylic acids is 3. The highest BCUT2D eigenvalue weighted by Gasteiger charge is 2.24. The standard InChI is InChI=1S/C14H16N4O5S/c1-5-8-11(20)16-7(3)17-12(8)24-9(5)13(21)23-6(2)10(19)18-14(22)15-4/h6H,1-4H3,(H,16,17,20)(H2,15,18,19,22)/t6-/m1/s1. The molecule has 0 spiro atoms. The Morgan fingerprint density at radius 1 is 1.29 bits per heavy atom. The van der Waals surface area contributed by atoms with Crippen molar-refractivity contribution in [3.05, 3.63) is 26.6 Å². The van der Waals surface area contributed by atoms with E-state index in [1.165, 1.54) is 14.0 Å². The molecular weight excluding hydrogens is 336 g/mol. The average molecular weight is 352 g/mol. The molecule has 1 atom stereocenters. The van der Waals surface area contributed by atoms with Crippen molar-refractivity contribution in [2.45, 2.75) is 26.9 Å². The van der Waals surface area contributed by atoms with Crippen molar-refractivity contribution < 1.29 is 19.1 Å². The molecule has 0 radical (unpaired) electrons. The van der Waals surface area contributed by atoms with Crippen LogP contribution in [-0.2, 0) is 9.53 Å². The number of nitrogens with zero attached hydrogens (tertiary/aromatic N) is 1. The molecule has 0 saturated carbocycles. The van der Waals surface area contributed by atoms with Gasteiger partial charge in [-0.25, -0.2) is 14.6 Å². The van der Waals surface area contributed by atoms with Gasteiger partial charge in [0.05, 0.1) is 5.39 Å². The maximum absolute atomic E-state index is 12.3. The first-order valence-electron chi connectivity index (χ1n) is 6.98. The number of rotatable bonds is 3. The maximum Gasteiger partial charge on any atom is 0.349 e. The SMILES string of the molecule is CNC(=O)NC(=O)[C@@H](C)OC(=O)c1sc2nc(C)[nH]c(=O)c2c1C. The molecule has 24 heavy (non-hydrogen) atoms. The fraction of sp³-hybridized carbons (Fsp3) is 0.357. The van der Waals surface area contributed by atoms with Gasteiger partial charge in [-0.3, -0.25) is 14.9 Å². The number of carbonyl (C=O) groups is 3. The number of hydrogen-bond acceptors (Lipinski definition) is 7. The second-order valence-corrected chi connectivity index (χ2v) is 6.00. The van der Waals surface area contributed by atoms with E-state index in [0.717, 1.165) is 11.3 Å². The quantitative estimate of drug-likeness (QED) is 0.694. The van der Waals surface area contributed by atoms with Gasteiger partial charge in [-0.1, -0.05) is 0 Å². The fourth-order valence-corrected chi connectivity index (χ4v) is 3.10. The lowest BCUT2D eigenvalue weighted by Crippen LogP contribution is -2.43. The Morgan fingerprint density at radius 3 is 2.58 bits per heavy atom. The molecule has 0 saturated heterocycles. The minimum atomic E-state index is -1.17. The van der Waals surface area contributed by atoms with Gasteiger partial charge in [-0.15, -0.1) is 11.3 Å². The summed E-state index contributed by atoms with van der Waals surface area (Å²) >= 11 is 1.02. The number of nitrogens with one attached hydrogen (secondary N) is 3. The summed E-state index contributed by atoms with van der Waals surface area (Å²) in [5.74, 6) is -1.08. The molecule has 0 unspecified atom stereocenters. The molecule has 3 amide bonds. The van der Waals surface area contributed by atoms with Crippen LogP contribution in [-0.4, -0.2) is 41.0 Å². The highest BCUT2D eigenvalue weighted by Crippen LogP contribution is 2.27. The van der Waals surface area contributed by atoms with E-state index >= 15 is 0 Å². The molecule has 3 N–H and O–H groups in total. The predicted molar refractivity (Wildman–Crippen MR) is 87.2 cm³/mol. The number of hydrogen-bond donors (Lipinski definition) is 3. The molecule has 10 heteroatoms. The van der Waals surface area contributed by atoms with Crippen LogP contribution >= 0.6 is 11.3 Å². The van der Waals surface area contributed by atoms with E-state index in [2.05, 4.69) is 15.3 Å². The number of esters is 1. The lowest BCUT2D eigenvalue weighted by atomic mass is 10.2. The third-order valence-corrected chi connectivity index (χ3v) is 4.39. The molecule has 0 bridgehead atoms. The van der Waals surface area contributed by atoms with Crippen LogP contribution in [0.15, 0.2) is 4.79 Å². The van der Waals surface area contributed by atoms with Crippen LogP contribution in [0.3, 0.4) is 0 Å². The molecule has 2 aromatic heterocycles. The lowest BCUT2D eigenvalue weighted by molar-refractivity contribution is -0.127. The van der Waals surface area contributed by atoms with Crippen LogP contribution < -0.4 is 16.2 Å². The number of H-pyrrole nitrogens is 1. The van der Waals surface area contributed by atoms with Crippen LogP contribution in [0.25, 0.3) is 10.2 Å². The number of aromatic nitrogens is 2. The van der Waals surface area contributed by atoms with Gasteiger partial charge in [-0.2, -0.15) is 0 Å². The summed E-state index contributed by atoms with van der Waals surface area (Å²) in [6.45, 7) is 4.59. The molecule has 2 rings (SSSR count). The monoisotopic (exact) mass is 352 g/mol. The topological polar surface area (TPSA) is 130 Å². The van der Waals surface area contributed by atoms with E-state index in [9.17, 15) is 19.2 Å². The Morgan fingerprint density at radius 2 is 1.96 bits per heavy atom. The molecule has 9 nitrogen and oxygen atoms in total. The first-order chi connectivity index (χ1) is 11.2. The van der Waals surface area contributed by atoms with Crippen molar-refractivity contribution in [3.8, 4) is 0 Å². The number of imide groups is 1. The summed E-state index contributed by atoms with van der Waals surface area (Å²) in [6.07, 6.45) is -1.17. The van der Waals surface area contributed by atoms with Crippen LogP contribution in [0.1, 0.15) is 28.0 Å². The molecule has 0 aliphatic rings. The highest BCUT2D eigenvalue weighted by molar-refractivity contribution is 7.20. The average Bonchev–Trinajstić information content (AvgIpc) is 2.83. The van der Waals surface area contributed by atoms with E-state index in [1.54, 1.807) is 13.8 Å². The highest BCUT2D eigenvalue weighted by atomic mass is 32.1. The predicted octanol–water partition coefficient (Wildman–Crippen LogP) is 0.602. The van der Waals surface area contributed by atoms with Crippen molar-refractivity contribution >= 4 is 39.5 Å².